The molecule has 4 nitrogen and oxygen atoms in total. The molecule has 0 aliphatic heterocycles. The minimum atomic E-state index is 0.853. The first-order chi connectivity index (χ1) is 8.26. The lowest BCUT2D eigenvalue weighted by atomic mass is 10.2. The van der Waals surface area contributed by atoms with Gasteiger partial charge in [0.05, 0.1) is 19.0 Å². The first-order valence-electron chi connectivity index (χ1n) is 5.23. The van der Waals surface area contributed by atoms with Crippen LogP contribution in [0.15, 0.2) is 30.5 Å². The van der Waals surface area contributed by atoms with Gasteiger partial charge < -0.3 is 4.74 Å². The van der Waals surface area contributed by atoms with E-state index in [1.807, 2.05) is 41.9 Å². The average molecular weight is 245 g/mol. The molecule has 0 atom stereocenters. The van der Waals surface area contributed by atoms with Crippen molar-refractivity contribution in [3.63, 3.8) is 0 Å². The van der Waals surface area contributed by atoms with E-state index in [1.165, 1.54) is 0 Å². The van der Waals surface area contributed by atoms with Gasteiger partial charge in [-0.3, -0.25) is 0 Å². The number of aryl methyl sites for hydroxylation is 1. The number of ether oxygens (including phenoxy) is 1. The fourth-order valence-electron chi connectivity index (χ4n) is 1.66. The number of hydrogen-bond acceptors (Lipinski definition) is 4. The molecule has 0 fully saturated rings. The third-order valence-electron chi connectivity index (χ3n) is 2.50. The molecule has 0 saturated heterocycles. The van der Waals surface area contributed by atoms with Gasteiger partial charge in [0.15, 0.2) is 0 Å². The summed E-state index contributed by atoms with van der Waals surface area (Å²) in [5.74, 6) is 0.853. The Balaban J connectivity index is 2.04. The fraction of sp³-hybridized carbons (Fsp3) is 0.167. The topological polar surface area (TPSA) is 39.4 Å². The SMILES string of the molecule is COc1ccc(-c2nn3cc(C)nc3s2)cc1. The van der Waals surface area contributed by atoms with Gasteiger partial charge in [-0.2, -0.15) is 5.10 Å². The minimum absolute atomic E-state index is 0.853. The van der Waals surface area contributed by atoms with Crippen LogP contribution in [0.3, 0.4) is 0 Å². The van der Waals surface area contributed by atoms with Crippen LogP contribution in [0.2, 0.25) is 0 Å². The van der Waals surface area contributed by atoms with E-state index in [9.17, 15) is 0 Å². The van der Waals surface area contributed by atoms with Gasteiger partial charge in [-0.15, -0.1) is 0 Å². The summed E-state index contributed by atoms with van der Waals surface area (Å²) in [6, 6.07) is 7.88. The summed E-state index contributed by atoms with van der Waals surface area (Å²) >= 11 is 1.58. The Morgan fingerprint density at radius 3 is 2.65 bits per heavy atom. The molecule has 5 heteroatoms. The standard InChI is InChI=1S/C12H11N3OS/c1-8-7-15-12(13-8)17-11(14-15)9-3-5-10(16-2)6-4-9/h3-7H,1-2H3. The van der Waals surface area contributed by atoms with E-state index >= 15 is 0 Å². The Bertz CT molecular complexity index is 623. The number of fused-ring (bicyclic) bond motifs is 1. The maximum absolute atomic E-state index is 5.13. The number of aromatic nitrogens is 3. The monoisotopic (exact) mass is 245 g/mol. The molecule has 1 aromatic carbocycles. The maximum Gasteiger partial charge on any atom is 0.212 e. The Morgan fingerprint density at radius 1 is 1.24 bits per heavy atom. The third kappa shape index (κ3) is 1.78. The summed E-state index contributed by atoms with van der Waals surface area (Å²) in [6.07, 6.45) is 1.93. The molecule has 2 aromatic heterocycles. The van der Waals surface area contributed by atoms with Crippen molar-refractivity contribution in [2.24, 2.45) is 0 Å². The number of benzene rings is 1. The van der Waals surface area contributed by atoms with Crippen LogP contribution in [-0.4, -0.2) is 21.7 Å². The lowest BCUT2D eigenvalue weighted by molar-refractivity contribution is 0.415. The van der Waals surface area contributed by atoms with Gasteiger partial charge >= 0.3 is 0 Å². The summed E-state index contributed by atoms with van der Waals surface area (Å²) in [6.45, 7) is 1.97. The molecule has 3 rings (SSSR count). The van der Waals surface area contributed by atoms with E-state index in [4.69, 9.17) is 4.74 Å². The van der Waals surface area contributed by atoms with E-state index in [0.29, 0.717) is 0 Å². The van der Waals surface area contributed by atoms with Crippen LogP contribution in [0.4, 0.5) is 0 Å². The molecule has 17 heavy (non-hydrogen) atoms. The molecule has 0 radical (unpaired) electrons. The zero-order valence-corrected chi connectivity index (χ0v) is 10.4. The van der Waals surface area contributed by atoms with E-state index in [0.717, 1.165) is 27.0 Å². The first-order valence-corrected chi connectivity index (χ1v) is 6.05. The van der Waals surface area contributed by atoms with E-state index in [1.54, 1.807) is 18.4 Å². The first kappa shape index (κ1) is 10.3. The van der Waals surface area contributed by atoms with E-state index in [-0.39, 0.29) is 0 Å². The van der Waals surface area contributed by atoms with E-state index < -0.39 is 0 Å². The van der Waals surface area contributed by atoms with Crippen LogP contribution in [0, 0.1) is 6.92 Å². The highest BCUT2D eigenvalue weighted by atomic mass is 32.1. The fourth-order valence-corrected chi connectivity index (χ4v) is 2.59. The molecule has 0 spiro atoms. The number of hydrogen-bond donors (Lipinski definition) is 0. The molecule has 0 amide bonds. The van der Waals surface area contributed by atoms with Crippen LogP contribution in [0.1, 0.15) is 5.69 Å². The van der Waals surface area contributed by atoms with Crippen molar-refractivity contribution in [3.05, 3.63) is 36.2 Å². The molecule has 86 valence electrons. The number of nitrogens with zero attached hydrogens (tertiary/aromatic N) is 3. The van der Waals surface area contributed by atoms with Gasteiger partial charge in [0.2, 0.25) is 4.96 Å². The lowest BCUT2D eigenvalue weighted by Gasteiger charge is -1.99. The Morgan fingerprint density at radius 2 is 2.00 bits per heavy atom. The molecule has 0 N–H and O–H groups in total. The van der Waals surface area contributed by atoms with Crippen LogP contribution in [0.25, 0.3) is 15.5 Å². The molecule has 0 bridgehead atoms. The molecular formula is C12H11N3OS. The van der Waals surface area contributed by atoms with Crippen molar-refractivity contribution < 1.29 is 4.74 Å². The Hall–Kier alpha value is -1.88. The van der Waals surface area contributed by atoms with Crippen LogP contribution >= 0.6 is 11.3 Å². The van der Waals surface area contributed by atoms with E-state index in [2.05, 4.69) is 10.1 Å². The van der Waals surface area contributed by atoms with Gasteiger partial charge in [-0.1, -0.05) is 11.3 Å². The largest absolute Gasteiger partial charge is 0.497 e. The second-order valence-electron chi connectivity index (χ2n) is 3.75. The van der Waals surface area contributed by atoms with Crippen molar-refractivity contribution >= 4 is 16.3 Å². The summed E-state index contributed by atoms with van der Waals surface area (Å²) in [4.78, 5) is 5.31. The number of rotatable bonds is 2. The molecule has 2 heterocycles. The quantitative estimate of drug-likeness (QED) is 0.697. The highest BCUT2D eigenvalue weighted by Gasteiger charge is 2.08. The van der Waals surface area contributed by atoms with Gasteiger partial charge in [-0.05, 0) is 31.2 Å². The van der Waals surface area contributed by atoms with Gasteiger partial charge in [0.1, 0.15) is 10.8 Å². The predicted octanol–water partition coefficient (Wildman–Crippen LogP) is 2.77. The molecule has 0 saturated carbocycles. The summed E-state index contributed by atoms with van der Waals surface area (Å²) in [7, 11) is 1.66. The Kier molecular flexibility index (Phi) is 2.33. The normalized spacial score (nSPS) is 10.9. The highest BCUT2D eigenvalue weighted by Crippen LogP contribution is 2.26. The minimum Gasteiger partial charge on any atom is -0.497 e. The third-order valence-corrected chi connectivity index (χ3v) is 3.47. The van der Waals surface area contributed by atoms with Crippen molar-refractivity contribution in [3.8, 4) is 16.3 Å². The van der Waals surface area contributed by atoms with Crippen LogP contribution in [0.5, 0.6) is 5.75 Å². The summed E-state index contributed by atoms with van der Waals surface area (Å²) in [5, 5.41) is 5.46. The zero-order chi connectivity index (χ0) is 11.8. The van der Waals surface area contributed by atoms with Gasteiger partial charge in [0, 0.05) is 5.56 Å². The molecule has 3 aromatic rings. The molecule has 0 unspecified atom stereocenters. The van der Waals surface area contributed by atoms with Crippen molar-refractivity contribution in [2.75, 3.05) is 7.11 Å². The number of imidazole rings is 1. The van der Waals surface area contributed by atoms with Gasteiger partial charge in [-0.25, -0.2) is 9.50 Å². The molecule has 0 aliphatic rings. The van der Waals surface area contributed by atoms with Crippen molar-refractivity contribution in [2.45, 2.75) is 6.92 Å². The molecule has 0 aliphatic carbocycles. The lowest BCUT2D eigenvalue weighted by Crippen LogP contribution is -1.84. The molecular weight excluding hydrogens is 234 g/mol. The zero-order valence-electron chi connectivity index (χ0n) is 9.54. The summed E-state index contributed by atoms with van der Waals surface area (Å²) < 4.78 is 6.95. The second kappa shape index (κ2) is 3.85. The second-order valence-corrected chi connectivity index (χ2v) is 4.70. The summed E-state index contributed by atoms with van der Waals surface area (Å²) in [5.41, 5.74) is 2.07. The highest BCUT2D eigenvalue weighted by molar-refractivity contribution is 7.19. The van der Waals surface area contributed by atoms with Gasteiger partial charge in [0.25, 0.3) is 0 Å². The average Bonchev–Trinajstić information content (AvgIpc) is 2.86. The van der Waals surface area contributed by atoms with Crippen LogP contribution < -0.4 is 4.74 Å². The maximum atomic E-state index is 5.13. The van der Waals surface area contributed by atoms with Crippen LogP contribution in [-0.2, 0) is 0 Å². The van der Waals surface area contributed by atoms with Crippen molar-refractivity contribution in [1.29, 1.82) is 0 Å². The Labute approximate surface area is 102 Å². The number of methoxy groups -OCH3 is 1. The van der Waals surface area contributed by atoms with Crippen molar-refractivity contribution in [1.82, 2.24) is 14.6 Å². The smallest absolute Gasteiger partial charge is 0.212 e. The predicted molar refractivity (Wildman–Crippen MR) is 67.6 cm³/mol.